The number of ether oxygens (including phenoxy) is 1. The maximum Gasteiger partial charge on any atom is 0.305 e. The van der Waals surface area contributed by atoms with E-state index in [-0.39, 0.29) is 18.5 Å². The third-order valence-electron chi connectivity index (χ3n) is 15.3. The molecule has 0 saturated heterocycles. The summed E-state index contributed by atoms with van der Waals surface area (Å²) >= 11 is 0. The van der Waals surface area contributed by atoms with Gasteiger partial charge in [0.25, 0.3) is 0 Å². The first-order chi connectivity index (χ1) is 37.0. The number of rotatable bonds is 62. The van der Waals surface area contributed by atoms with Gasteiger partial charge in [-0.05, 0) is 89.9 Å². The highest BCUT2D eigenvalue weighted by Crippen LogP contribution is 2.17. The lowest BCUT2D eigenvalue weighted by Gasteiger charge is -2.20. The van der Waals surface area contributed by atoms with E-state index in [1.54, 1.807) is 6.08 Å². The van der Waals surface area contributed by atoms with E-state index < -0.39 is 12.1 Å². The van der Waals surface area contributed by atoms with Crippen LogP contribution in [0.15, 0.2) is 48.6 Å². The van der Waals surface area contributed by atoms with Gasteiger partial charge in [-0.2, -0.15) is 0 Å². The highest BCUT2D eigenvalue weighted by atomic mass is 16.5. The number of esters is 1. The zero-order chi connectivity index (χ0) is 54.3. The molecule has 75 heavy (non-hydrogen) atoms. The van der Waals surface area contributed by atoms with Crippen LogP contribution in [0.25, 0.3) is 0 Å². The normalized spacial score (nSPS) is 12.9. The number of unbranched alkanes of at least 4 members (excludes halogenated alkanes) is 45. The Morgan fingerprint density at radius 3 is 1.04 bits per heavy atom. The first kappa shape index (κ1) is 72.8. The Morgan fingerprint density at radius 2 is 0.667 bits per heavy atom. The monoisotopic (exact) mass is 1050 g/mol. The summed E-state index contributed by atoms with van der Waals surface area (Å²) in [7, 11) is 0. The van der Waals surface area contributed by atoms with E-state index in [2.05, 4.69) is 55.6 Å². The molecule has 3 N–H and O–H groups in total. The average Bonchev–Trinajstić information content (AvgIpc) is 3.41. The van der Waals surface area contributed by atoms with Gasteiger partial charge >= 0.3 is 5.97 Å². The fourth-order valence-corrected chi connectivity index (χ4v) is 10.2. The van der Waals surface area contributed by atoms with E-state index in [0.29, 0.717) is 19.4 Å². The van der Waals surface area contributed by atoms with Gasteiger partial charge in [0.1, 0.15) is 0 Å². The molecule has 0 aromatic rings. The van der Waals surface area contributed by atoms with Crippen molar-refractivity contribution in [2.75, 3.05) is 13.2 Å². The van der Waals surface area contributed by atoms with E-state index in [4.69, 9.17) is 4.74 Å². The van der Waals surface area contributed by atoms with Crippen molar-refractivity contribution in [3.8, 4) is 0 Å². The Labute approximate surface area is 467 Å². The van der Waals surface area contributed by atoms with Crippen molar-refractivity contribution < 1.29 is 24.5 Å². The van der Waals surface area contributed by atoms with Gasteiger partial charge in [-0.1, -0.05) is 300 Å². The third-order valence-corrected chi connectivity index (χ3v) is 15.3. The third kappa shape index (κ3) is 60.9. The smallest absolute Gasteiger partial charge is 0.305 e. The number of carbonyl (C=O) groups excluding carboxylic acids is 2. The highest BCUT2D eigenvalue weighted by molar-refractivity contribution is 5.76. The van der Waals surface area contributed by atoms with E-state index in [0.717, 1.165) is 51.4 Å². The second-order valence-corrected chi connectivity index (χ2v) is 22.8. The first-order valence-corrected chi connectivity index (χ1v) is 33.4. The van der Waals surface area contributed by atoms with Gasteiger partial charge in [-0.3, -0.25) is 9.59 Å². The van der Waals surface area contributed by atoms with Gasteiger partial charge in [-0.25, -0.2) is 0 Å². The number of aliphatic hydroxyl groups is 2. The largest absolute Gasteiger partial charge is 0.466 e. The van der Waals surface area contributed by atoms with Crippen LogP contribution in [0.4, 0.5) is 0 Å². The fourth-order valence-electron chi connectivity index (χ4n) is 10.2. The van der Waals surface area contributed by atoms with Crippen molar-refractivity contribution in [1.29, 1.82) is 0 Å². The maximum absolute atomic E-state index is 12.5. The summed E-state index contributed by atoms with van der Waals surface area (Å²) in [5, 5.41) is 23.1. The number of hydrogen-bond donors (Lipinski definition) is 3. The summed E-state index contributed by atoms with van der Waals surface area (Å²) in [5.74, 6) is -0.0627. The topological polar surface area (TPSA) is 95.9 Å². The number of carbonyl (C=O) groups is 2. The molecule has 6 nitrogen and oxygen atoms in total. The van der Waals surface area contributed by atoms with Gasteiger partial charge in [0.2, 0.25) is 5.91 Å². The van der Waals surface area contributed by atoms with Crippen LogP contribution >= 0.6 is 0 Å². The minimum absolute atomic E-state index is 0.00649. The van der Waals surface area contributed by atoms with Crippen LogP contribution in [0.3, 0.4) is 0 Å². The van der Waals surface area contributed by atoms with Crippen molar-refractivity contribution in [3.05, 3.63) is 48.6 Å². The first-order valence-electron chi connectivity index (χ1n) is 33.4. The molecule has 0 fully saturated rings. The van der Waals surface area contributed by atoms with Crippen LogP contribution in [0.2, 0.25) is 0 Å². The molecule has 0 aromatic carbocycles. The molecule has 0 aromatic heterocycles. The Kier molecular flexibility index (Phi) is 62.5. The number of allylic oxidation sites excluding steroid dienone is 7. The van der Waals surface area contributed by atoms with Crippen LogP contribution in [-0.2, 0) is 14.3 Å². The van der Waals surface area contributed by atoms with Gasteiger partial charge in [0, 0.05) is 12.8 Å². The fraction of sp³-hybridized carbons (Fsp3) is 0.855. The molecule has 0 radical (unpaired) electrons. The summed E-state index contributed by atoms with van der Waals surface area (Å²) in [6, 6.07) is -0.629. The van der Waals surface area contributed by atoms with Crippen LogP contribution in [0.5, 0.6) is 0 Å². The Balaban J connectivity index is 3.40. The molecule has 440 valence electrons. The predicted molar refractivity (Wildman–Crippen MR) is 329 cm³/mol. The number of nitrogens with one attached hydrogen (secondary N) is 1. The number of aliphatic hydroxyl groups excluding tert-OH is 2. The zero-order valence-corrected chi connectivity index (χ0v) is 50.3. The molecule has 1 amide bonds. The van der Waals surface area contributed by atoms with Crippen LogP contribution < -0.4 is 5.32 Å². The Hall–Kier alpha value is -2.18. The molecule has 0 aliphatic heterocycles. The van der Waals surface area contributed by atoms with E-state index in [9.17, 15) is 19.8 Å². The lowest BCUT2D eigenvalue weighted by Crippen LogP contribution is -2.45. The minimum atomic E-state index is -0.846. The van der Waals surface area contributed by atoms with E-state index >= 15 is 0 Å². The van der Waals surface area contributed by atoms with E-state index in [1.807, 2.05) is 6.08 Å². The van der Waals surface area contributed by atoms with Crippen LogP contribution in [0.1, 0.15) is 354 Å². The van der Waals surface area contributed by atoms with Crippen LogP contribution in [-0.4, -0.2) is 47.4 Å². The summed E-state index contributed by atoms with van der Waals surface area (Å²) in [6.45, 7) is 4.90. The standard InChI is InChI=1S/C69H129NO5/c1-3-5-7-9-11-13-15-17-19-20-32-35-39-43-47-51-55-59-63-69(74)75-64-60-56-52-48-44-40-36-33-30-28-26-24-22-21-23-25-27-29-31-34-38-42-46-50-54-58-62-68(73)70-66(65-71)67(72)61-57-53-49-45-41-37-18-16-14-12-10-8-6-4-2/h13,15,19-21,23,57,61,66-67,71-72H,3-12,14,16-18,22,24-56,58-60,62-65H2,1-2H3,(H,70,73)/b15-13-,20-19-,23-21-,61-57+. The molecule has 0 heterocycles. The molecule has 6 heteroatoms. The molecule has 0 rings (SSSR count). The second-order valence-electron chi connectivity index (χ2n) is 22.8. The minimum Gasteiger partial charge on any atom is -0.466 e. The van der Waals surface area contributed by atoms with Crippen molar-refractivity contribution >= 4 is 11.9 Å². The quantitative estimate of drug-likeness (QED) is 0.0320. The van der Waals surface area contributed by atoms with Gasteiger partial charge in [0.05, 0.1) is 25.4 Å². The van der Waals surface area contributed by atoms with Crippen molar-refractivity contribution in [1.82, 2.24) is 5.32 Å². The number of hydrogen-bond acceptors (Lipinski definition) is 5. The molecule has 0 bridgehead atoms. The zero-order valence-electron chi connectivity index (χ0n) is 50.3. The van der Waals surface area contributed by atoms with Gasteiger partial charge in [0.15, 0.2) is 0 Å². The second kappa shape index (κ2) is 64.3. The summed E-state index contributed by atoms with van der Waals surface area (Å²) in [6.07, 6.45) is 83.1. The predicted octanol–water partition coefficient (Wildman–Crippen LogP) is 21.3. The lowest BCUT2D eigenvalue weighted by molar-refractivity contribution is -0.143. The van der Waals surface area contributed by atoms with Crippen LogP contribution in [0, 0.1) is 0 Å². The Morgan fingerprint density at radius 1 is 0.373 bits per heavy atom. The molecule has 0 aliphatic carbocycles. The molecule has 2 atom stereocenters. The highest BCUT2D eigenvalue weighted by Gasteiger charge is 2.18. The van der Waals surface area contributed by atoms with Crippen molar-refractivity contribution in [3.63, 3.8) is 0 Å². The summed E-state index contributed by atoms with van der Waals surface area (Å²) in [4.78, 5) is 24.6. The SMILES string of the molecule is CCCCCC/C=C\C/C=C\CCCCCCCCCC(=O)OCCCCCCCCCCCCCC/C=C\CCCCCCCCCCCCC(=O)NC(CO)C(O)/C=C/CCCCCCCCCCCCCC. The molecule has 0 spiro atoms. The average molecular weight is 1050 g/mol. The molecule has 0 saturated carbocycles. The maximum atomic E-state index is 12.5. The van der Waals surface area contributed by atoms with Gasteiger partial charge in [-0.15, -0.1) is 0 Å². The summed E-state index contributed by atoms with van der Waals surface area (Å²) in [5.41, 5.74) is 0. The number of amides is 1. The van der Waals surface area contributed by atoms with Crippen molar-refractivity contribution in [2.24, 2.45) is 0 Å². The van der Waals surface area contributed by atoms with Crippen molar-refractivity contribution in [2.45, 2.75) is 366 Å². The molecular weight excluding hydrogens is 923 g/mol. The van der Waals surface area contributed by atoms with Gasteiger partial charge < -0.3 is 20.3 Å². The molecule has 2 unspecified atom stereocenters. The summed E-state index contributed by atoms with van der Waals surface area (Å²) < 4.78 is 5.50. The Bertz CT molecular complexity index is 1260. The lowest BCUT2D eigenvalue weighted by atomic mass is 10.0. The van der Waals surface area contributed by atoms with E-state index in [1.165, 1.54) is 276 Å². The molecule has 0 aliphatic rings. The molecular formula is C69H129NO5.